The third-order valence-corrected chi connectivity index (χ3v) is 3.30. The molecular formula is C15H18N4O. The van der Waals surface area contributed by atoms with E-state index in [0.29, 0.717) is 5.88 Å². The molecule has 0 fully saturated rings. The maximum Gasteiger partial charge on any atom is 0.263 e. The highest BCUT2D eigenvalue weighted by Crippen LogP contribution is 2.41. The minimum Gasteiger partial charge on any atom is -0.434 e. The van der Waals surface area contributed by atoms with Crippen molar-refractivity contribution in [3.8, 4) is 11.6 Å². The lowest BCUT2D eigenvalue weighted by Crippen LogP contribution is -2.14. The van der Waals surface area contributed by atoms with Gasteiger partial charge in [-0.1, -0.05) is 12.1 Å². The van der Waals surface area contributed by atoms with Gasteiger partial charge in [0.05, 0.1) is 11.9 Å². The summed E-state index contributed by atoms with van der Waals surface area (Å²) < 4.78 is 5.80. The van der Waals surface area contributed by atoms with Crippen LogP contribution in [0.3, 0.4) is 0 Å². The van der Waals surface area contributed by atoms with Crippen LogP contribution in [0, 0.1) is 0 Å². The number of nitrogens with one attached hydrogen (secondary N) is 1. The number of hydrogen-bond acceptors (Lipinski definition) is 5. The van der Waals surface area contributed by atoms with Gasteiger partial charge in [0.2, 0.25) is 0 Å². The van der Waals surface area contributed by atoms with E-state index in [9.17, 15) is 0 Å². The molecule has 3 rings (SSSR count). The summed E-state index contributed by atoms with van der Waals surface area (Å²) in [5.41, 5.74) is 3.06. The van der Waals surface area contributed by atoms with Crippen LogP contribution in [0.4, 0.5) is 11.4 Å². The quantitative estimate of drug-likeness (QED) is 0.790. The molecule has 0 aliphatic carbocycles. The van der Waals surface area contributed by atoms with Gasteiger partial charge in [-0.3, -0.25) is 0 Å². The molecule has 0 atom stereocenters. The minimum absolute atomic E-state index is 0.561. The lowest BCUT2D eigenvalue weighted by Gasteiger charge is -2.22. The Morgan fingerprint density at radius 1 is 1.25 bits per heavy atom. The van der Waals surface area contributed by atoms with Crippen LogP contribution in [-0.4, -0.2) is 35.7 Å². The number of ether oxygens (including phenoxy) is 1. The van der Waals surface area contributed by atoms with E-state index in [1.165, 1.54) is 0 Å². The molecule has 20 heavy (non-hydrogen) atoms. The molecule has 1 aromatic heterocycles. The van der Waals surface area contributed by atoms with Crippen LogP contribution < -0.4 is 10.1 Å². The molecule has 0 amide bonds. The molecule has 2 aromatic rings. The van der Waals surface area contributed by atoms with Crippen molar-refractivity contribution in [1.29, 1.82) is 0 Å². The van der Waals surface area contributed by atoms with Crippen LogP contribution in [0.25, 0.3) is 0 Å². The van der Waals surface area contributed by atoms with E-state index in [-0.39, 0.29) is 0 Å². The second-order valence-electron chi connectivity index (χ2n) is 5.18. The molecule has 1 aliphatic rings. The Kier molecular flexibility index (Phi) is 3.52. The van der Waals surface area contributed by atoms with Gasteiger partial charge in [-0.25, -0.2) is 0 Å². The first kappa shape index (κ1) is 12.9. The van der Waals surface area contributed by atoms with Crippen molar-refractivity contribution < 1.29 is 4.74 Å². The average Bonchev–Trinajstić information content (AvgIpc) is 2.45. The largest absolute Gasteiger partial charge is 0.434 e. The number of anilines is 2. The van der Waals surface area contributed by atoms with E-state index in [2.05, 4.69) is 34.5 Å². The Hall–Kier alpha value is -2.14. The highest BCUT2D eigenvalue weighted by molar-refractivity contribution is 5.75. The molecule has 1 N–H and O–H groups in total. The van der Waals surface area contributed by atoms with Crippen molar-refractivity contribution in [2.75, 3.05) is 26.0 Å². The van der Waals surface area contributed by atoms with Crippen LogP contribution in [0.2, 0.25) is 0 Å². The fraction of sp³-hybridized carbons (Fsp3) is 0.333. The fourth-order valence-electron chi connectivity index (χ4n) is 2.28. The lowest BCUT2D eigenvalue weighted by molar-refractivity contribution is 0.399. The summed E-state index contributed by atoms with van der Waals surface area (Å²) in [4.78, 5) is 2.18. The standard InChI is InChI=1S/C15H18N4O/c1-19(2)9-5-6-11-10-16-18-15-14(11)17-12-7-3-4-8-13(12)20-15/h3-4,7-8,10,17H,5-6,9H2,1-2H3. The normalized spacial score (nSPS) is 12.3. The van der Waals surface area contributed by atoms with E-state index in [4.69, 9.17) is 4.74 Å². The molecule has 1 aliphatic heterocycles. The number of aromatic nitrogens is 2. The summed E-state index contributed by atoms with van der Waals surface area (Å²) in [5.74, 6) is 1.35. The van der Waals surface area contributed by atoms with E-state index < -0.39 is 0 Å². The van der Waals surface area contributed by atoms with E-state index >= 15 is 0 Å². The average molecular weight is 270 g/mol. The van der Waals surface area contributed by atoms with Crippen LogP contribution in [-0.2, 0) is 6.42 Å². The summed E-state index contributed by atoms with van der Waals surface area (Å²) in [6, 6.07) is 7.86. The van der Waals surface area contributed by atoms with Gasteiger partial charge in [0.1, 0.15) is 5.69 Å². The van der Waals surface area contributed by atoms with Gasteiger partial charge in [-0.2, -0.15) is 5.10 Å². The highest BCUT2D eigenvalue weighted by Gasteiger charge is 2.20. The first-order valence-corrected chi connectivity index (χ1v) is 6.77. The van der Waals surface area contributed by atoms with Crippen LogP contribution >= 0.6 is 0 Å². The van der Waals surface area contributed by atoms with Crippen LogP contribution in [0.1, 0.15) is 12.0 Å². The number of aryl methyl sites for hydroxylation is 1. The molecule has 5 heteroatoms. The minimum atomic E-state index is 0.561. The van der Waals surface area contributed by atoms with Crippen molar-refractivity contribution in [3.63, 3.8) is 0 Å². The molecule has 104 valence electrons. The molecule has 0 spiro atoms. The topological polar surface area (TPSA) is 50.3 Å². The highest BCUT2D eigenvalue weighted by atomic mass is 16.5. The molecule has 0 radical (unpaired) electrons. The van der Waals surface area contributed by atoms with Gasteiger partial charge in [0.25, 0.3) is 5.88 Å². The zero-order chi connectivity index (χ0) is 13.9. The molecule has 5 nitrogen and oxygen atoms in total. The van der Waals surface area contributed by atoms with Crippen molar-refractivity contribution in [1.82, 2.24) is 15.1 Å². The summed E-state index contributed by atoms with van der Waals surface area (Å²) in [7, 11) is 4.16. The van der Waals surface area contributed by atoms with E-state index in [1.807, 2.05) is 30.5 Å². The first-order chi connectivity index (χ1) is 9.74. The van der Waals surface area contributed by atoms with E-state index in [0.717, 1.165) is 42.1 Å². The van der Waals surface area contributed by atoms with Gasteiger partial charge in [0, 0.05) is 5.56 Å². The Labute approximate surface area is 118 Å². The van der Waals surface area contributed by atoms with Gasteiger partial charge in [0.15, 0.2) is 5.75 Å². The number of hydrogen-bond donors (Lipinski definition) is 1. The van der Waals surface area contributed by atoms with Crippen molar-refractivity contribution >= 4 is 11.4 Å². The lowest BCUT2D eigenvalue weighted by atomic mass is 10.1. The molecule has 0 saturated carbocycles. The number of fused-ring (bicyclic) bond motifs is 2. The second-order valence-corrected chi connectivity index (χ2v) is 5.18. The Morgan fingerprint density at radius 2 is 2.10 bits per heavy atom. The molecular weight excluding hydrogens is 252 g/mol. The molecule has 0 bridgehead atoms. The zero-order valence-electron chi connectivity index (χ0n) is 11.8. The van der Waals surface area contributed by atoms with Crippen molar-refractivity contribution in [3.05, 3.63) is 36.0 Å². The number of rotatable bonds is 4. The Bertz CT molecular complexity index is 613. The third kappa shape index (κ3) is 2.58. The van der Waals surface area contributed by atoms with Gasteiger partial charge < -0.3 is 15.0 Å². The predicted octanol–water partition coefficient (Wildman–Crippen LogP) is 2.82. The van der Waals surface area contributed by atoms with Crippen LogP contribution in [0.5, 0.6) is 11.6 Å². The predicted molar refractivity (Wildman–Crippen MR) is 78.7 cm³/mol. The van der Waals surface area contributed by atoms with Gasteiger partial charge in [-0.15, -0.1) is 5.10 Å². The number of nitrogens with zero attached hydrogens (tertiary/aromatic N) is 3. The zero-order valence-corrected chi connectivity index (χ0v) is 11.8. The van der Waals surface area contributed by atoms with Gasteiger partial charge in [-0.05, 0) is 45.6 Å². The SMILES string of the molecule is CN(C)CCCc1cnnc2c1Nc1ccccc1O2. The third-order valence-electron chi connectivity index (χ3n) is 3.30. The second kappa shape index (κ2) is 5.46. The summed E-state index contributed by atoms with van der Waals surface area (Å²) in [6.07, 6.45) is 3.85. The summed E-state index contributed by atoms with van der Waals surface area (Å²) in [5, 5.41) is 11.5. The van der Waals surface area contributed by atoms with Crippen molar-refractivity contribution in [2.45, 2.75) is 12.8 Å². The number of para-hydroxylation sites is 2. The maximum atomic E-state index is 5.80. The maximum absolute atomic E-state index is 5.80. The fourth-order valence-corrected chi connectivity index (χ4v) is 2.28. The first-order valence-electron chi connectivity index (χ1n) is 6.77. The van der Waals surface area contributed by atoms with Crippen LogP contribution in [0.15, 0.2) is 30.5 Å². The summed E-state index contributed by atoms with van der Waals surface area (Å²) in [6.45, 7) is 1.05. The van der Waals surface area contributed by atoms with Crippen molar-refractivity contribution in [2.24, 2.45) is 0 Å². The molecule has 0 unspecified atom stereocenters. The molecule has 1 aromatic carbocycles. The van der Waals surface area contributed by atoms with Gasteiger partial charge >= 0.3 is 0 Å². The monoisotopic (exact) mass is 270 g/mol. The molecule has 0 saturated heterocycles. The Morgan fingerprint density at radius 3 is 2.95 bits per heavy atom. The Balaban J connectivity index is 1.82. The molecule has 2 heterocycles. The van der Waals surface area contributed by atoms with E-state index in [1.54, 1.807) is 0 Å². The number of benzene rings is 1. The summed E-state index contributed by atoms with van der Waals surface area (Å²) >= 11 is 0. The smallest absolute Gasteiger partial charge is 0.263 e.